The fraction of sp³-hybridized carbons (Fsp3) is 0.789. The molecule has 126 valence electrons. The Kier molecular flexibility index (Phi) is 3.13. The van der Waals surface area contributed by atoms with Crippen LogP contribution in [-0.2, 0) is 4.74 Å². The minimum atomic E-state index is 0.0358. The topological polar surface area (TPSA) is 52.9 Å². The summed E-state index contributed by atoms with van der Waals surface area (Å²) in [6.45, 7) is 1.43. The minimum Gasteiger partial charge on any atom is -0.396 e. The van der Waals surface area contributed by atoms with E-state index in [2.05, 4.69) is 24.1 Å². The molecule has 4 nitrogen and oxygen atoms in total. The zero-order valence-corrected chi connectivity index (χ0v) is 13.8. The van der Waals surface area contributed by atoms with Crippen molar-refractivity contribution in [2.24, 2.45) is 23.2 Å². The van der Waals surface area contributed by atoms with E-state index >= 15 is 0 Å². The second-order valence-corrected chi connectivity index (χ2v) is 8.33. The molecule has 4 fully saturated rings. The second kappa shape index (κ2) is 4.92. The molecule has 5 rings (SSSR count). The van der Waals surface area contributed by atoms with Gasteiger partial charge in [-0.3, -0.25) is 4.90 Å². The molecule has 1 spiro atoms. The monoisotopic (exact) mass is 317 g/mol. The summed E-state index contributed by atoms with van der Waals surface area (Å²) in [4.78, 5) is 2.52. The van der Waals surface area contributed by atoms with Crippen molar-refractivity contribution in [3.63, 3.8) is 0 Å². The molecule has 3 aliphatic carbocycles. The van der Waals surface area contributed by atoms with Gasteiger partial charge in [0, 0.05) is 29.9 Å². The third kappa shape index (κ3) is 1.66. The van der Waals surface area contributed by atoms with Crippen molar-refractivity contribution >= 4 is 0 Å². The number of rotatable bonds is 2. The van der Waals surface area contributed by atoms with Crippen LogP contribution in [0.15, 0.2) is 23.3 Å². The molecule has 7 unspecified atom stereocenters. The third-order valence-electron chi connectivity index (χ3n) is 7.65. The van der Waals surface area contributed by atoms with Gasteiger partial charge in [0.1, 0.15) is 0 Å². The number of hydrogen-bond donors (Lipinski definition) is 2. The average Bonchev–Trinajstić information content (AvgIpc) is 2.92. The van der Waals surface area contributed by atoms with Gasteiger partial charge in [-0.05, 0) is 56.3 Å². The lowest BCUT2D eigenvalue weighted by molar-refractivity contribution is -0.0514. The number of ether oxygens (including phenoxy) is 1. The van der Waals surface area contributed by atoms with Crippen LogP contribution in [0.2, 0.25) is 0 Å². The summed E-state index contributed by atoms with van der Waals surface area (Å²) < 4.78 is 6.62. The number of aliphatic hydroxyl groups is 2. The first-order valence-electron chi connectivity index (χ1n) is 9.19. The van der Waals surface area contributed by atoms with E-state index in [9.17, 15) is 10.2 Å². The summed E-state index contributed by atoms with van der Waals surface area (Å²) >= 11 is 0. The van der Waals surface area contributed by atoms with Crippen LogP contribution in [0.3, 0.4) is 0 Å². The van der Waals surface area contributed by atoms with Gasteiger partial charge in [0.25, 0.3) is 0 Å². The Bertz CT molecular complexity index is 585. The predicted molar refractivity (Wildman–Crippen MR) is 86.8 cm³/mol. The lowest BCUT2D eigenvalue weighted by Crippen LogP contribution is -2.61. The molecule has 7 atom stereocenters. The van der Waals surface area contributed by atoms with E-state index in [1.165, 1.54) is 12.8 Å². The lowest BCUT2D eigenvalue weighted by atomic mass is 9.48. The van der Waals surface area contributed by atoms with E-state index in [4.69, 9.17) is 4.74 Å². The van der Waals surface area contributed by atoms with E-state index in [-0.39, 0.29) is 36.8 Å². The van der Waals surface area contributed by atoms with Gasteiger partial charge in [0.05, 0.1) is 18.8 Å². The van der Waals surface area contributed by atoms with Crippen LogP contribution in [0.5, 0.6) is 0 Å². The maximum Gasteiger partial charge on any atom is 0.0912 e. The first-order valence-corrected chi connectivity index (χ1v) is 9.19. The molecule has 0 aromatic rings. The Balaban J connectivity index is 1.68. The molecule has 0 aromatic heterocycles. The zero-order chi connectivity index (χ0) is 15.8. The molecule has 0 aromatic carbocycles. The van der Waals surface area contributed by atoms with Crippen LogP contribution in [0.25, 0.3) is 0 Å². The van der Waals surface area contributed by atoms with Crippen molar-refractivity contribution in [2.75, 3.05) is 26.8 Å². The van der Waals surface area contributed by atoms with Gasteiger partial charge >= 0.3 is 0 Å². The fourth-order valence-corrected chi connectivity index (χ4v) is 6.70. The summed E-state index contributed by atoms with van der Waals surface area (Å²) in [5.41, 5.74) is 2.69. The average molecular weight is 317 g/mol. The number of likely N-dealkylation sites (tertiary alicyclic amines) is 1. The van der Waals surface area contributed by atoms with Gasteiger partial charge in [-0.1, -0.05) is 12.2 Å². The summed E-state index contributed by atoms with van der Waals surface area (Å²) in [7, 11) is 2.26. The molecule has 4 heteroatoms. The highest BCUT2D eigenvalue weighted by atomic mass is 16.5. The third-order valence-corrected chi connectivity index (χ3v) is 7.65. The molecule has 2 aliphatic heterocycles. The first-order chi connectivity index (χ1) is 11.2. The molecule has 5 aliphatic rings. The highest BCUT2D eigenvalue weighted by Gasteiger charge is 2.68. The number of likely N-dealkylation sites (N-methyl/N-ethyl adjacent to an activating group) is 1. The molecule has 2 saturated carbocycles. The van der Waals surface area contributed by atoms with Crippen molar-refractivity contribution in [2.45, 2.75) is 43.9 Å². The highest BCUT2D eigenvalue weighted by molar-refractivity contribution is 5.44. The quantitative estimate of drug-likeness (QED) is 0.807. The number of allylic oxidation sites excluding steroid dienone is 2. The van der Waals surface area contributed by atoms with Crippen molar-refractivity contribution in [1.82, 2.24) is 4.90 Å². The molecular weight excluding hydrogens is 290 g/mol. The van der Waals surface area contributed by atoms with Crippen LogP contribution in [0.4, 0.5) is 0 Å². The predicted octanol–water partition coefficient (Wildman–Crippen LogP) is 1.34. The fourth-order valence-electron chi connectivity index (χ4n) is 6.70. The van der Waals surface area contributed by atoms with Crippen LogP contribution in [0, 0.1) is 23.2 Å². The SMILES string of the molecule is CN1CCC23C4=CC=C(CO)C2OC2C(CO)CCC(CC41)C23. The van der Waals surface area contributed by atoms with Crippen LogP contribution in [0.1, 0.15) is 25.7 Å². The maximum absolute atomic E-state index is 9.87. The van der Waals surface area contributed by atoms with Crippen molar-refractivity contribution < 1.29 is 14.9 Å². The lowest BCUT2D eigenvalue weighted by Gasteiger charge is -2.59. The van der Waals surface area contributed by atoms with Crippen LogP contribution in [-0.4, -0.2) is 60.2 Å². The van der Waals surface area contributed by atoms with Crippen molar-refractivity contribution in [3.8, 4) is 0 Å². The van der Waals surface area contributed by atoms with E-state index in [0.29, 0.717) is 17.9 Å². The van der Waals surface area contributed by atoms with E-state index in [1.54, 1.807) is 5.57 Å². The highest BCUT2D eigenvalue weighted by Crippen LogP contribution is 2.67. The Morgan fingerprint density at radius 1 is 1.30 bits per heavy atom. The van der Waals surface area contributed by atoms with Gasteiger partial charge < -0.3 is 14.9 Å². The number of hydrogen-bond acceptors (Lipinski definition) is 4. The minimum absolute atomic E-state index is 0.0358. The molecule has 23 heavy (non-hydrogen) atoms. The summed E-state index contributed by atoms with van der Waals surface area (Å²) in [5.74, 6) is 1.51. The van der Waals surface area contributed by atoms with Gasteiger partial charge in [-0.15, -0.1) is 0 Å². The molecule has 2 N–H and O–H groups in total. The van der Waals surface area contributed by atoms with E-state index in [0.717, 1.165) is 25.0 Å². The first kappa shape index (κ1) is 14.6. The molecule has 0 amide bonds. The Morgan fingerprint density at radius 2 is 2.17 bits per heavy atom. The van der Waals surface area contributed by atoms with Gasteiger partial charge in [0.15, 0.2) is 0 Å². The second-order valence-electron chi connectivity index (χ2n) is 8.33. The summed E-state index contributed by atoms with van der Waals surface area (Å²) in [5, 5.41) is 19.7. The molecule has 0 radical (unpaired) electrons. The molecule has 2 heterocycles. The van der Waals surface area contributed by atoms with Gasteiger partial charge in [-0.25, -0.2) is 0 Å². The van der Waals surface area contributed by atoms with Crippen molar-refractivity contribution in [3.05, 3.63) is 23.3 Å². The maximum atomic E-state index is 9.87. The molecule has 2 saturated heterocycles. The molecular formula is C19H27NO3. The summed E-state index contributed by atoms with van der Waals surface area (Å²) in [6, 6.07) is 0.539. The molecule has 2 bridgehead atoms. The van der Waals surface area contributed by atoms with Gasteiger partial charge in [0.2, 0.25) is 0 Å². The van der Waals surface area contributed by atoms with Crippen LogP contribution >= 0.6 is 0 Å². The van der Waals surface area contributed by atoms with Crippen LogP contribution < -0.4 is 0 Å². The number of piperidine rings is 1. The normalized spacial score (nSPS) is 51.1. The summed E-state index contributed by atoms with van der Waals surface area (Å²) in [6.07, 6.45) is 9.28. The van der Waals surface area contributed by atoms with Crippen molar-refractivity contribution in [1.29, 1.82) is 0 Å². The Morgan fingerprint density at radius 3 is 2.96 bits per heavy atom. The van der Waals surface area contributed by atoms with E-state index in [1.807, 2.05) is 0 Å². The number of nitrogens with zero attached hydrogens (tertiary/aromatic N) is 1. The largest absolute Gasteiger partial charge is 0.396 e. The zero-order valence-electron chi connectivity index (χ0n) is 13.8. The Hall–Kier alpha value is -0.680. The Labute approximate surface area is 137 Å². The van der Waals surface area contributed by atoms with E-state index < -0.39 is 0 Å². The number of aliphatic hydroxyl groups excluding tert-OH is 2. The van der Waals surface area contributed by atoms with Gasteiger partial charge in [-0.2, -0.15) is 0 Å². The standard InChI is InChI=1S/C19H27NO3/c1-20-7-6-19-14-5-4-13(10-22)18(19)23-17-12(9-21)3-2-11(16(17)19)8-15(14)20/h4-5,11-12,15-18,21-22H,2-3,6-10H2,1H3. The smallest absolute Gasteiger partial charge is 0.0912 e.